The van der Waals surface area contributed by atoms with Gasteiger partial charge in [0.1, 0.15) is 11.6 Å². The molecule has 1 heterocycles. The number of carbonyl (C=O) groups is 3. The summed E-state index contributed by atoms with van der Waals surface area (Å²) in [6.45, 7) is 13.0. The predicted molar refractivity (Wildman–Crippen MR) is 121 cm³/mol. The molecule has 1 aromatic carbocycles. The lowest BCUT2D eigenvalue weighted by molar-refractivity contribution is -0.135. The number of hydrogen-bond acceptors (Lipinski definition) is 4. The molecule has 1 saturated heterocycles. The Morgan fingerprint density at radius 2 is 1.74 bits per heavy atom. The first-order valence-corrected chi connectivity index (χ1v) is 11.1. The topological polar surface area (TPSA) is 87.7 Å². The van der Waals surface area contributed by atoms with Crippen LogP contribution >= 0.6 is 0 Å². The highest BCUT2D eigenvalue weighted by atomic mass is 16.6. The first kappa shape index (κ1) is 24.7. The van der Waals surface area contributed by atoms with Crippen molar-refractivity contribution in [2.75, 3.05) is 19.6 Å². The van der Waals surface area contributed by atoms with Crippen molar-refractivity contribution in [2.24, 2.45) is 11.8 Å². The van der Waals surface area contributed by atoms with E-state index < -0.39 is 17.7 Å². The van der Waals surface area contributed by atoms with E-state index in [1.54, 1.807) is 6.07 Å². The molecule has 2 rings (SSSR count). The molecule has 0 saturated carbocycles. The average molecular weight is 432 g/mol. The highest BCUT2D eigenvalue weighted by molar-refractivity contribution is 5.98. The Morgan fingerprint density at radius 1 is 1.13 bits per heavy atom. The molecule has 1 fully saturated rings. The Bertz CT molecular complexity index is 777. The van der Waals surface area contributed by atoms with Gasteiger partial charge in [-0.15, -0.1) is 0 Å². The summed E-state index contributed by atoms with van der Waals surface area (Å²) in [7, 11) is 0. The van der Waals surface area contributed by atoms with Crippen molar-refractivity contribution in [3.05, 3.63) is 35.4 Å². The van der Waals surface area contributed by atoms with E-state index >= 15 is 0 Å². The van der Waals surface area contributed by atoms with Crippen molar-refractivity contribution in [1.82, 2.24) is 15.5 Å². The van der Waals surface area contributed by atoms with E-state index in [0.29, 0.717) is 31.1 Å². The number of likely N-dealkylation sites (tertiary alicyclic amines) is 1. The van der Waals surface area contributed by atoms with Crippen LogP contribution in [0.15, 0.2) is 24.3 Å². The van der Waals surface area contributed by atoms with Gasteiger partial charge in [0, 0.05) is 25.2 Å². The summed E-state index contributed by atoms with van der Waals surface area (Å²) >= 11 is 0. The Morgan fingerprint density at radius 3 is 2.29 bits per heavy atom. The van der Waals surface area contributed by atoms with Gasteiger partial charge in [0.25, 0.3) is 5.91 Å². The van der Waals surface area contributed by atoms with Gasteiger partial charge in [-0.2, -0.15) is 0 Å². The van der Waals surface area contributed by atoms with Gasteiger partial charge in [-0.1, -0.05) is 32.0 Å². The highest BCUT2D eigenvalue weighted by Gasteiger charge is 2.31. The smallest absolute Gasteiger partial charge is 0.407 e. The molecule has 7 nitrogen and oxygen atoms in total. The molecule has 172 valence electrons. The van der Waals surface area contributed by atoms with Gasteiger partial charge in [0.2, 0.25) is 5.91 Å². The molecule has 7 heteroatoms. The van der Waals surface area contributed by atoms with Crippen LogP contribution in [-0.2, 0) is 9.53 Å². The number of aryl methyl sites for hydroxylation is 1. The minimum atomic E-state index is -0.566. The third kappa shape index (κ3) is 7.56. The van der Waals surface area contributed by atoms with Crippen LogP contribution in [0.2, 0.25) is 0 Å². The Kier molecular flexibility index (Phi) is 8.48. The third-order valence-corrected chi connectivity index (χ3v) is 5.47. The lowest BCUT2D eigenvalue weighted by Crippen LogP contribution is -2.53. The van der Waals surface area contributed by atoms with Crippen LogP contribution in [0.25, 0.3) is 0 Å². The summed E-state index contributed by atoms with van der Waals surface area (Å²) < 4.78 is 5.27. The van der Waals surface area contributed by atoms with Crippen LogP contribution in [0.3, 0.4) is 0 Å². The number of carbonyl (C=O) groups excluding carboxylic acids is 3. The maximum Gasteiger partial charge on any atom is 0.407 e. The second-order valence-electron chi connectivity index (χ2n) is 9.66. The summed E-state index contributed by atoms with van der Waals surface area (Å²) in [5, 5.41) is 5.76. The zero-order valence-corrected chi connectivity index (χ0v) is 19.7. The number of hydrogen-bond donors (Lipinski definition) is 2. The summed E-state index contributed by atoms with van der Waals surface area (Å²) in [6, 6.07) is 6.80. The predicted octanol–water partition coefficient (Wildman–Crippen LogP) is 3.51. The fraction of sp³-hybridized carbons (Fsp3) is 0.625. The van der Waals surface area contributed by atoms with Gasteiger partial charge in [0.15, 0.2) is 0 Å². The fourth-order valence-electron chi connectivity index (χ4n) is 3.66. The highest BCUT2D eigenvalue weighted by Crippen LogP contribution is 2.19. The van der Waals surface area contributed by atoms with Crippen molar-refractivity contribution in [1.29, 1.82) is 0 Å². The molecule has 1 unspecified atom stereocenters. The lowest BCUT2D eigenvalue weighted by Gasteiger charge is -2.35. The zero-order chi connectivity index (χ0) is 23.2. The zero-order valence-electron chi connectivity index (χ0n) is 19.7. The molecular formula is C24H37N3O4. The molecule has 0 radical (unpaired) electrons. The van der Waals surface area contributed by atoms with Crippen molar-refractivity contribution in [2.45, 2.75) is 66.0 Å². The molecule has 1 atom stereocenters. The third-order valence-electron chi connectivity index (χ3n) is 5.47. The second kappa shape index (κ2) is 10.6. The van der Waals surface area contributed by atoms with E-state index in [1.807, 2.05) is 64.6 Å². The van der Waals surface area contributed by atoms with Crippen LogP contribution in [0.5, 0.6) is 0 Å². The normalized spacial score (nSPS) is 16.0. The number of benzene rings is 1. The van der Waals surface area contributed by atoms with E-state index in [-0.39, 0.29) is 17.7 Å². The van der Waals surface area contributed by atoms with Crippen LogP contribution in [0.4, 0.5) is 4.79 Å². The summed E-state index contributed by atoms with van der Waals surface area (Å²) in [5.74, 6) is 0.0136. The molecule has 1 aromatic rings. The first-order valence-electron chi connectivity index (χ1n) is 11.1. The summed E-state index contributed by atoms with van der Waals surface area (Å²) in [5.41, 5.74) is 0.954. The van der Waals surface area contributed by atoms with Crippen molar-refractivity contribution in [3.63, 3.8) is 0 Å². The van der Waals surface area contributed by atoms with Crippen molar-refractivity contribution >= 4 is 17.9 Å². The monoisotopic (exact) mass is 431 g/mol. The minimum absolute atomic E-state index is 0.0213. The van der Waals surface area contributed by atoms with Crippen molar-refractivity contribution in [3.8, 4) is 0 Å². The second-order valence-corrected chi connectivity index (χ2v) is 9.66. The van der Waals surface area contributed by atoms with Gasteiger partial charge in [0.05, 0.1) is 0 Å². The molecule has 0 aromatic heterocycles. The maximum atomic E-state index is 13.1. The first-order chi connectivity index (χ1) is 14.5. The molecule has 0 spiro atoms. The molecule has 0 bridgehead atoms. The number of piperidine rings is 1. The molecule has 3 amide bonds. The van der Waals surface area contributed by atoms with Gasteiger partial charge < -0.3 is 20.3 Å². The van der Waals surface area contributed by atoms with E-state index in [1.165, 1.54) is 0 Å². The number of alkyl carbamates (subject to hydrolysis) is 1. The van der Waals surface area contributed by atoms with Crippen LogP contribution in [-0.4, -0.2) is 54.1 Å². The maximum absolute atomic E-state index is 13.1. The average Bonchev–Trinajstić information content (AvgIpc) is 2.69. The number of rotatable bonds is 6. The SMILES string of the molecule is Cc1ccccc1C(=O)NC(C(=O)N1CCC(CNC(=O)OC(C)(C)C)CC1)C(C)C. The van der Waals surface area contributed by atoms with E-state index in [4.69, 9.17) is 4.74 Å². The van der Waals surface area contributed by atoms with Gasteiger partial charge in [-0.3, -0.25) is 9.59 Å². The Hall–Kier alpha value is -2.57. The minimum Gasteiger partial charge on any atom is -0.444 e. The molecular weight excluding hydrogens is 394 g/mol. The summed E-state index contributed by atoms with van der Waals surface area (Å²) in [6.07, 6.45) is 1.20. The summed E-state index contributed by atoms with van der Waals surface area (Å²) in [4.78, 5) is 39.5. The number of nitrogens with zero attached hydrogens (tertiary/aromatic N) is 1. The number of nitrogens with one attached hydrogen (secondary N) is 2. The van der Waals surface area contributed by atoms with E-state index in [0.717, 1.165) is 18.4 Å². The lowest BCUT2D eigenvalue weighted by atomic mass is 9.94. The van der Waals surface area contributed by atoms with Gasteiger partial charge in [-0.25, -0.2) is 4.79 Å². The molecule has 2 N–H and O–H groups in total. The van der Waals surface area contributed by atoms with Gasteiger partial charge >= 0.3 is 6.09 Å². The Labute approximate surface area is 185 Å². The van der Waals surface area contributed by atoms with E-state index in [9.17, 15) is 14.4 Å². The van der Waals surface area contributed by atoms with Crippen LogP contribution in [0.1, 0.15) is 63.4 Å². The molecule has 0 aliphatic carbocycles. The van der Waals surface area contributed by atoms with Crippen LogP contribution in [0, 0.1) is 18.8 Å². The number of amides is 3. The van der Waals surface area contributed by atoms with Gasteiger partial charge in [-0.05, 0) is 64.0 Å². The van der Waals surface area contributed by atoms with Crippen molar-refractivity contribution < 1.29 is 19.1 Å². The van der Waals surface area contributed by atoms with Crippen LogP contribution < -0.4 is 10.6 Å². The fourth-order valence-corrected chi connectivity index (χ4v) is 3.66. The van der Waals surface area contributed by atoms with E-state index in [2.05, 4.69) is 10.6 Å². The largest absolute Gasteiger partial charge is 0.444 e. The molecule has 1 aliphatic heterocycles. The molecule has 31 heavy (non-hydrogen) atoms. The standard InChI is InChI=1S/C24H37N3O4/c1-16(2)20(26-21(28)19-10-8-7-9-17(19)3)22(29)27-13-11-18(12-14-27)15-25-23(30)31-24(4,5)6/h7-10,16,18,20H,11-15H2,1-6H3,(H,25,30)(H,26,28). The molecule has 1 aliphatic rings. The Balaban J connectivity index is 1.88. The quantitative estimate of drug-likeness (QED) is 0.721. The number of ether oxygens (including phenoxy) is 1.